The Kier molecular flexibility index (Phi) is 5.78. The van der Waals surface area contributed by atoms with Crippen molar-refractivity contribution < 1.29 is 4.79 Å². The maximum Gasteiger partial charge on any atom is 0.176 e. The van der Waals surface area contributed by atoms with Crippen molar-refractivity contribution in [3.63, 3.8) is 0 Å². The Morgan fingerprint density at radius 3 is 2.35 bits per heavy atom. The number of ketones is 1. The summed E-state index contributed by atoms with van der Waals surface area (Å²) in [6.45, 7) is 6.95. The third-order valence-corrected chi connectivity index (χ3v) is 4.12. The van der Waals surface area contributed by atoms with E-state index < -0.39 is 0 Å². The van der Waals surface area contributed by atoms with Crippen LogP contribution >= 0.6 is 0 Å². The molecule has 0 unspecified atom stereocenters. The lowest BCUT2D eigenvalue weighted by atomic mass is 9.90. The van der Waals surface area contributed by atoms with Crippen molar-refractivity contribution in [1.29, 1.82) is 0 Å². The van der Waals surface area contributed by atoms with Gasteiger partial charge in [0.1, 0.15) is 0 Å². The molecule has 0 amide bonds. The molecule has 0 heterocycles. The number of hydrogen-bond donors (Lipinski definition) is 0. The van der Waals surface area contributed by atoms with E-state index in [0.29, 0.717) is 6.54 Å². The second kappa shape index (κ2) is 7.58. The lowest BCUT2D eigenvalue weighted by molar-refractivity contribution is 0.0930. The highest BCUT2D eigenvalue weighted by Gasteiger charge is 2.15. The minimum absolute atomic E-state index is 0.278. The summed E-state index contributed by atoms with van der Waals surface area (Å²) in [7, 11) is 0. The molecule has 2 nitrogen and oxygen atoms in total. The molecule has 1 aromatic carbocycles. The molecular weight excluding hydrogens is 246 g/mol. The maximum atomic E-state index is 12.4. The Balaban J connectivity index is 2.04. The molecule has 1 aliphatic rings. The molecule has 0 saturated carbocycles. The van der Waals surface area contributed by atoms with Crippen LogP contribution in [-0.4, -0.2) is 30.3 Å². The Hall–Kier alpha value is -1.15. The molecule has 0 saturated heterocycles. The van der Waals surface area contributed by atoms with Crippen molar-refractivity contribution in [3.8, 4) is 0 Å². The average molecular weight is 273 g/mol. The number of hydrogen-bond acceptors (Lipinski definition) is 2. The van der Waals surface area contributed by atoms with Crippen LogP contribution in [0.1, 0.15) is 61.0 Å². The number of fused-ring (bicyclic) bond motifs is 1. The van der Waals surface area contributed by atoms with Crippen LogP contribution in [0, 0.1) is 0 Å². The quantitative estimate of drug-likeness (QED) is 0.703. The molecule has 0 atom stereocenters. The van der Waals surface area contributed by atoms with Crippen molar-refractivity contribution in [2.45, 2.75) is 52.4 Å². The van der Waals surface area contributed by atoms with Crippen molar-refractivity contribution in [2.24, 2.45) is 0 Å². The number of carbonyl (C=O) groups is 1. The number of benzene rings is 1. The molecule has 0 aliphatic heterocycles. The molecule has 0 N–H and O–H groups in total. The van der Waals surface area contributed by atoms with E-state index in [2.05, 4.69) is 30.9 Å². The minimum atomic E-state index is 0.278. The van der Waals surface area contributed by atoms with E-state index in [1.54, 1.807) is 0 Å². The first-order valence-electron chi connectivity index (χ1n) is 8.12. The van der Waals surface area contributed by atoms with E-state index in [1.165, 1.54) is 30.4 Å². The van der Waals surface area contributed by atoms with Crippen LogP contribution in [0.2, 0.25) is 0 Å². The molecule has 2 heteroatoms. The van der Waals surface area contributed by atoms with Gasteiger partial charge in [-0.15, -0.1) is 0 Å². The molecule has 0 spiro atoms. The average Bonchev–Trinajstić information content (AvgIpc) is 2.47. The molecule has 1 aromatic rings. The Labute approximate surface area is 123 Å². The third-order valence-electron chi connectivity index (χ3n) is 4.12. The topological polar surface area (TPSA) is 20.3 Å². The second-order valence-corrected chi connectivity index (χ2v) is 5.89. The second-order valence-electron chi connectivity index (χ2n) is 5.89. The number of nitrogens with zero attached hydrogens (tertiary/aromatic N) is 1. The van der Waals surface area contributed by atoms with Crippen molar-refractivity contribution >= 4 is 5.78 Å². The van der Waals surface area contributed by atoms with Crippen LogP contribution in [0.4, 0.5) is 0 Å². The molecule has 0 bridgehead atoms. The van der Waals surface area contributed by atoms with E-state index in [9.17, 15) is 4.79 Å². The third kappa shape index (κ3) is 3.92. The van der Waals surface area contributed by atoms with E-state index >= 15 is 0 Å². The van der Waals surface area contributed by atoms with Crippen LogP contribution in [0.3, 0.4) is 0 Å². The number of aryl methyl sites for hydroxylation is 2. The highest BCUT2D eigenvalue weighted by atomic mass is 16.1. The largest absolute Gasteiger partial charge is 0.296 e. The maximum absolute atomic E-state index is 12.4. The van der Waals surface area contributed by atoms with E-state index in [0.717, 1.165) is 37.9 Å². The molecule has 0 radical (unpaired) electrons. The molecule has 2 rings (SSSR count). The van der Waals surface area contributed by atoms with E-state index in [-0.39, 0.29) is 5.78 Å². The highest BCUT2D eigenvalue weighted by molar-refractivity contribution is 5.97. The summed E-state index contributed by atoms with van der Waals surface area (Å²) < 4.78 is 0. The zero-order chi connectivity index (χ0) is 14.4. The van der Waals surface area contributed by atoms with Gasteiger partial charge >= 0.3 is 0 Å². The van der Waals surface area contributed by atoms with E-state index in [4.69, 9.17) is 0 Å². The summed E-state index contributed by atoms with van der Waals surface area (Å²) >= 11 is 0. The van der Waals surface area contributed by atoms with Gasteiger partial charge in [0.2, 0.25) is 0 Å². The lowest BCUT2D eigenvalue weighted by Crippen LogP contribution is -2.31. The molecule has 0 fully saturated rings. The molecule has 0 aromatic heterocycles. The van der Waals surface area contributed by atoms with Crippen molar-refractivity contribution in [1.82, 2.24) is 4.90 Å². The summed E-state index contributed by atoms with van der Waals surface area (Å²) in [5.74, 6) is 0.278. The smallest absolute Gasteiger partial charge is 0.176 e. The first kappa shape index (κ1) is 15.2. The van der Waals surface area contributed by atoms with Crippen LogP contribution in [-0.2, 0) is 12.8 Å². The summed E-state index contributed by atoms with van der Waals surface area (Å²) in [5, 5.41) is 0. The number of rotatable bonds is 7. The van der Waals surface area contributed by atoms with Gasteiger partial charge in [0.05, 0.1) is 6.54 Å². The van der Waals surface area contributed by atoms with Gasteiger partial charge in [-0.2, -0.15) is 0 Å². The minimum Gasteiger partial charge on any atom is -0.296 e. The van der Waals surface area contributed by atoms with Gasteiger partial charge in [-0.05, 0) is 68.8 Å². The Bertz CT molecular complexity index is 447. The van der Waals surface area contributed by atoms with Gasteiger partial charge in [-0.25, -0.2) is 0 Å². The van der Waals surface area contributed by atoms with Crippen molar-refractivity contribution in [3.05, 3.63) is 34.9 Å². The van der Waals surface area contributed by atoms with Crippen molar-refractivity contribution in [2.75, 3.05) is 19.6 Å². The van der Waals surface area contributed by atoms with Crippen LogP contribution in [0.25, 0.3) is 0 Å². The number of Topliss-reactive ketones (excluding diaryl/α,β-unsaturated/α-hetero) is 1. The summed E-state index contributed by atoms with van der Waals surface area (Å²) in [6.07, 6.45) is 7.10. The SMILES string of the molecule is CCCN(CCC)CC(=O)c1ccc2c(c1)CCCC2. The Morgan fingerprint density at radius 2 is 1.70 bits per heavy atom. The standard InChI is InChI=1S/C18H27NO/c1-3-11-19(12-4-2)14-18(20)17-10-9-15-7-5-6-8-16(15)13-17/h9-10,13H,3-8,11-12,14H2,1-2H3. The molecule has 110 valence electrons. The predicted molar refractivity (Wildman–Crippen MR) is 84.4 cm³/mol. The van der Waals surface area contributed by atoms with Gasteiger partial charge in [0, 0.05) is 5.56 Å². The molecule has 20 heavy (non-hydrogen) atoms. The van der Waals surface area contributed by atoms with Gasteiger partial charge in [-0.1, -0.05) is 26.0 Å². The molecule has 1 aliphatic carbocycles. The first-order chi connectivity index (χ1) is 9.74. The Morgan fingerprint density at radius 1 is 1.05 bits per heavy atom. The highest BCUT2D eigenvalue weighted by Crippen LogP contribution is 2.22. The number of carbonyl (C=O) groups excluding carboxylic acids is 1. The fourth-order valence-electron chi connectivity index (χ4n) is 3.10. The summed E-state index contributed by atoms with van der Waals surface area (Å²) in [6, 6.07) is 6.35. The zero-order valence-corrected chi connectivity index (χ0v) is 13.0. The van der Waals surface area contributed by atoms with Gasteiger partial charge < -0.3 is 0 Å². The summed E-state index contributed by atoms with van der Waals surface area (Å²) in [4.78, 5) is 14.7. The first-order valence-corrected chi connectivity index (χ1v) is 8.12. The van der Waals surface area contributed by atoms with Gasteiger partial charge in [0.15, 0.2) is 5.78 Å². The monoisotopic (exact) mass is 273 g/mol. The van der Waals surface area contributed by atoms with Gasteiger partial charge in [0.25, 0.3) is 0 Å². The summed E-state index contributed by atoms with van der Waals surface area (Å²) in [5.41, 5.74) is 3.76. The zero-order valence-electron chi connectivity index (χ0n) is 13.0. The van der Waals surface area contributed by atoms with Crippen LogP contribution in [0.15, 0.2) is 18.2 Å². The van der Waals surface area contributed by atoms with Gasteiger partial charge in [-0.3, -0.25) is 9.69 Å². The normalized spacial score (nSPS) is 14.3. The van der Waals surface area contributed by atoms with Crippen LogP contribution < -0.4 is 0 Å². The predicted octanol–water partition coefficient (Wildman–Crippen LogP) is 3.87. The lowest BCUT2D eigenvalue weighted by Gasteiger charge is -2.21. The van der Waals surface area contributed by atoms with E-state index in [1.807, 2.05) is 6.07 Å². The van der Waals surface area contributed by atoms with Crippen LogP contribution in [0.5, 0.6) is 0 Å². The molecular formula is C18H27NO. The fourth-order valence-corrected chi connectivity index (χ4v) is 3.10. The fraction of sp³-hybridized carbons (Fsp3) is 0.611.